The Morgan fingerprint density at radius 2 is 1.95 bits per heavy atom. The number of aromatic nitrogens is 2. The molecule has 0 fully saturated rings. The molecule has 0 bridgehead atoms. The molecule has 0 aliphatic rings. The molecule has 0 saturated heterocycles. The zero-order chi connectivity index (χ0) is 15.5. The first-order valence-corrected chi connectivity index (χ1v) is 7.48. The van der Waals surface area contributed by atoms with E-state index in [0.717, 1.165) is 12.5 Å². The van der Waals surface area contributed by atoms with Gasteiger partial charge in [0, 0.05) is 6.20 Å². The van der Waals surface area contributed by atoms with Crippen molar-refractivity contribution in [2.45, 2.75) is 10.6 Å². The van der Waals surface area contributed by atoms with Gasteiger partial charge in [-0.1, -0.05) is 0 Å². The number of aromatic carboxylic acids is 1. The van der Waals surface area contributed by atoms with E-state index >= 15 is 0 Å². The molecule has 8 heteroatoms. The smallest absolute Gasteiger partial charge is 0.339 e. The van der Waals surface area contributed by atoms with Crippen LogP contribution in [0.3, 0.4) is 0 Å². The lowest BCUT2D eigenvalue weighted by Gasteiger charge is -2.07. The molecule has 0 radical (unpaired) electrons. The topological polar surface area (TPSA) is 106 Å². The number of carboxylic acids is 1. The van der Waals surface area contributed by atoms with Crippen LogP contribution in [-0.4, -0.2) is 36.6 Å². The van der Waals surface area contributed by atoms with Crippen LogP contribution >= 0.6 is 0 Å². The molecule has 0 unspecified atom stereocenters. The second kappa shape index (κ2) is 5.88. The van der Waals surface area contributed by atoms with E-state index in [1.54, 1.807) is 0 Å². The number of hydrogen-bond donors (Lipinski definition) is 1. The normalized spacial score (nSPS) is 11.1. The van der Waals surface area contributed by atoms with E-state index in [9.17, 15) is 13.2 Å². The fourth-order valence-corrected chi connectivity index (χ4v) is 3.00. The first-order valence-electron chi connectivity index (χ1n) is 5.83. The van der Waals surface area contributed by atoms with Crippen molar-refractivity contribution in [2.75, 3.05) is 7.11 Å². The summed E-state index contributed by atoms with van der Waals surface area (Å²) in [5.41, 5.74) is -0.275. The van der Waals surface area contributed by atoms with Gasteiger partial charge in [-0.2, -0.15) is 0 Å². The number of hydrogen-bond acceptors (Lipinski definition) is 6. The number of sulfone groups is 1. The highest BCUT2D eigenvalue weighted by molar-refractivity contribution is 7.90. The number of carboxylic acid groups (broad SMARTS) is 1. The molecule has 0 aliphatic carbocycles. The maximum absolute atomic E-state index is 12.3. The third-order valence-electron chi connectivity index (χ3n) is 2.77. The lowest BCUT2D eigenvalue weighted by molar-refractivity contribution is 0.0695. The van der Waals surface area contributed by atoms with Crippen molar-refractivity contribution >= 4 is 15.8 Å². The standard InChI is InChI=1S/C13H12N2O5S/c1-20-9-2-4-10(5-3-9)21(18,19)7-12-11(13(16)17)6-14-8-15-12/h2-6,8H,7H2,1H3,(H,16,17). The van der Waals surface area contributed by atoms with Gasteiger partial charge < -0.3 is 9.84 Å². The van der Waals surface area contributed by atoms with E-state index in [-0.39, 0.29) is 16.2 Å². The van der Waals surface area contributed by atoms with Crippen molar-refractivity contribution in [3.05, 3.63) is 48.0 Å². The van der Waals surface area contributed by atoms with E-state index in [4.69, 9.17) is 9.84 Å². The Hall–Kier alpha value is -2.48. The number of carbonyl (C=O) groups is 1. The van der Waals surface area contributed by atoms with Gasteiger partial charge in [-0.25, -0.2) is 23.2 Å². The Morgan fingerprint density at radius 1 is 1.29 bits per heavy atom. The molecule has 0 atom stereocenters. The number of ether oxygens (including phenoxy) is 1. The van der Waals surface area contributed by atoms with Gasteiger partial charge in [0.05, 0.1) is 23.5 Å². The van der Waals surface area contributed by atoms with Gasteiger partial charge in [-0.15, -0.1) is 0 Å². The summed E-state index contributed by atoms with van der Waals surface area (Å²) >= 11 is 0. The minimum Gasteiger partial charge on any atom is -0.497 e. The summed E-state index contributed by atoms with van der Waals surface area (Å²) in [4.78, 5) is 18.4. The molecule has 2 rings (SSSR count). The summed E-state index contributed by atoms with van der Waals surface area (Å²) in [5, 5.41) is 9.01. The summed E-state index contributed by atoms with van der Waals surface area (Å²) in [6.07, 6.45) is 2.19. The predicted molar refractivity (Wildman–Crippen MR) is 72.9 cm³/mol. The lowest BCUT2D eigenvalue weighted by Crippen LogP contribution is -2.12. The van der Waals surface area contributed by atoms with Gasteiger partial charge in [-0.05, 0) is 24.3 Å². The van der Waals surface area contributed by atoms with E-state index in [2.05, 4.69) is 9.97 Å². The van der Waals surface area contributed by atoms with Gasteiger partial charge in [0.15, 0.2) is 9.84 Å². The maximum atomic E-state index is 12.3. The van der Waals surface area contributed by atoms with Crippen LogP contribution in [0.4, 0.5) is 0 Å². The minimum atomic E-state index is -3.70. The molecule has 1 heterocycles. The lowest BCUT2D eigenvalue weighted by atomic mass is 10.2. The van der Waals surface area contributed by atoms with Gasteiger partial charge in [-0.3, -0.25) is 0 Å². The van der Waals surface area contributed by atoms with Crippen LogP contribution in [0, 0.1) is 0 Å². The van der Waals surface area contributed by atoms with Crippen LogP contribution in [0.2, 0.25) is 0 Å². The van der Waals surface area contributed by atoms with Crippen molar-refractivity contribution < 1.29 is 23.1 Å². The number of methoxy groups -OCH3 is 1. The molecule has 1 aromatic heterocycles. The summed E-state index contributed by atoms with van der Waals surface area (Å²) in [5.74, 6) is -1.25. The zero-order valence-corrected chi connectivity index (χ0v) is 11.9. The van der Waals surface area contributed by atoms with E-state index in [1.807, 2.05) is 0 Å². The molecule has 7 nitrogen and oxygen atoms in total. The predicted octanol–water partition coefficient (Wildman–Crippen LogP) is 1.16. The van der Waals surface area contributed by atoms with Gasteiger partial charge in [0.1, 0.15) is 17.6 Å². The summed E-state index contributed by atoms with van der Waals surface area (Å²) in [6.45, 7) is 0. The molecule has 2 aromatic rings. The van der Waals surface area contributed by atoms with Crippen molar-refractivity contribution in [3.8, 4) is 5.75 Å². The highest BCUT2D eigenvalue weighted by atomic mass is 32.2. The Labute approximate surface area is 121 Å². The minimum absolute atomic E-state index is 0.0479. The zero-order valence-electron chi connectivity index (χ0n) is 11.1. The molecular weight excluding hydrogens is 296 g/mol. The Kier molecular flexibility index (Phi) is 4.18. The molecule has 0 saturated carbocycles. The van der Waals surface area contributed by atoms with Crippen molar-refractivity contribution in [1.82, 2.24) is 9.97 Å². The van der Waals surface area contributed by atoms with Crippen LogP contribution in [0.25, 0.3) is 0 Å². The quantitative estimate of drug-likeness (QED) is 0.883. The molecule has 1 N–H and O–H groups in total. The monoisotopic (exact) mass is 308 g/mol. The fraction of sp³-hybridized carbons (Fsp3) is 0.154. The summed E-state index contributed by atoms with van der Waals surface area (Å²) < 4.78 is 29.5. The van der Waals surface area contributed by atoms with E-state index in [1.165, 1.54) is 31.4 Å². The first-order chi connectivity index (χ1) is 9.94. The second-order valence-corrected chi connectivity index (χ2v) is 6.11. The highest BCUT2D eigenvalue weighted by Gasteiger charge is 2.21. The number of nitrogens with zero attached hydrogens (tertiary/aromatic N) is 2. The van der Waals surface area contributed by atoms with Crippen LogP contribution in [0.1, 0.15) is 16.1 Å². The molecule has 110 valence electrons. The first kappa shape index (κ1) is 14.9. The molecule has 0 aliphatic heterocycles. The molecule has 1 aromatic carbocycles. The molecule has 0 spiro atoms. The van der Waals surface area contributed by atoms with Gasteiger partial charge >= 0.3 is 5.97 Å². The molecule has 0 amide bonds. The number of rotatable bonds is 5. The van der Waals surface area contributed by atoms with Gasteiger partial charge in [0.25, 0.3) is 0 Å². The van der Waals surface area contributed by atoms with E-state index in [0.29, 0.717) is 5.75 Å². The largest absolute Gasteiger partial charge is 0.497 e. The van der Waals surface area contributed by atoms with Crippen LogP contribution in [0.15, 0.2) is 41.7 Å². The SMILES string of the molecule is COc1ccc(S(=O)(=O)Cc2ncncc2C(=O)O)cc1. The van der Waals surface area contributed by atoms with Gasteiger partial charge in [0.2, 0.25) is 0 Å². The van der Waals surface area contributed by atoms with Crippen molar-refractivity contribution in [1.29, 1.82) is 0 Å². The van der Waals surface area contributed by atoms with E-state index < -0.39 is 21.6 Å². The maximum Gasteiger partial charge on any atom is 0.339 e. The van der Waals surface area contributed by atoms with Crippen molar-refractivity contribution in [2.24, 2.45) is 0 Å². The Bertz CT molecular complexity index is 756. The third kappa shape index (κ3) is 3.34. The van der Waals surface area contributed by atoms with Crippen LogP contribution < -0.4 is 4.74 Å². The fourth-order valence-electron chi connectivity index (χ4n) is 1.70. The van der Waals surface area contributed by atoms with Crippen LogP contribution in [0.5, 0.6) is 5.75 Å². The molecular formula is C13H12N2O5S. The average molecular weight is 308 g/mol. The summed E-state index contributed by atoms with van der Waals surface area (Å²) in [6, 6.07) is 5.83. The average Bonchev–Trinajstić information content (AvgIpc) is 2.47. The Morgan fingerprint density at radius 3 is 2.52 bits per heavy atom. The second-order valence-electron chi connectivity index (χ2n) is 4.12. The Balaban J connectivity index is 2.35. The number of benzene rings is 1. The highest BCUT2D eigenvalue weighted by Crippen LogP contribution is 2.20. The molecule has 21 heavy (non-hydrogen) atoms. The van der Waals surface area contributed by atoms with Crippen LogP contribution in [-0.2, 0) is 15.6 Å². The van der Waals surface area contributed by atoms with Crippen molar-refractivity contribution in [3.63, 3.8) is 0 Å². The third-order valence-corrected chi connectivity index (χ3v) is 4.41. The summed E-state index contributed by atoms with van der Waals surface area (Å²) in [7, 11) is -2.23.